The standard InChI is InChI=1S/C24H31N3O2S/c1-6-26(7-2)20-11-9-19(10-12-20)23(28)25-24-27(13-14-29-8-3)21-16-17(4)15-18(5)22(21)30-24/h9-12,15-16H,6-8,13-14H2,1-5H3. The maximum atomic E-state index is 12.9. The Labute approximate surface area is 182 Å². The molecule has 0 N–H and O–H groups in total. The lowest BCUT2D eigenvalue weighted by Gasteiger charge is -2.20. The van der Waals surface area contributed by atoms with Crippen LogP contribution in [0.3, 0.4) is 0 Å². The summed E-state index contributed by atoms with van der Waals surface area (Å²) in [5, 5.41) is 0. The van der Waals surface area contributed by atoms with Crippen molar-refractivity contribution in [3.63, 3.8) is 0 Å². The number of benzene rings is 2. The van der Waals surface area contributed by atoms with Crippen LogP contribution in [-0.2, 0) is 11.3 Å². The lowest BCUT2D eigenvalue weighted by atomic mass is 10.1. The van der Waals surface area contributed by atoms with Crippen LogP contribution < -0.4 is 9.70 Å². The zero-order valence-corrected chi connectivity index (χ0v) is 19.4. The summed E-state index contributed by atoms with van der Waals surface area (Å²) in [6.07, 6.45) is 0. The summed E-state index contributed by atoms with van der Waals surface area (Å²) in [7, 11) is 0. The van der Waals surface area contributed by atoms with Crippen molar-refractivity contribution in [3.8, 4) is 0 Å². The Balaban J connectivity index is 2.00. The third kappa shape index (κ3) is 4.82. The molecule has 30 heavy (non-hydrogen) atoms. The van der Waals surface area contributed by atoms with E-state index in [-0.39, 0.29) is 5.91 Å². The summed E-state index contributed by atoms with van der Waals surface area (Å²) < 4.78 is 8.85. The Morgan fingerprint density at radius 1 is 1.10 bits per heavy atom. The lowest BCUT2D eigenvalue weighted by molar-refractivity contribution is 0.0996. The van der Waals surface area contributed by atoms with Crippen LogP contribution >= 0.6 is 11.3 Å². The second-order valence-corrected chi connectivity index (χ2v) is 8.28. The summed E-state index contributed by atoms with van der Waals surface area (Å²) >= 11 is 1.57. The number of ether oxygens (including phenoxy) is 1. The number of rotatable bonds is 8. The van der Waals surface area contributed by atoms with E-state index in [1.54, 1.807) is 11.3 Å². The van der Waals surface area contributed by atoms with Gasteiger partial charge in [-0.3, -0.25) is 4.79 Å². The molecule has 3 rings (SSSR count). The topological polar surface area (TPSA) is 46.8 Å². The Morgan fingerprint density at radius 3 is 2.43 bits per heavy atom. The third-order valence-corrected chi connectivity index (χ3v) is 6.45. The number of carbonyl (C=O) groups is 1. The maximum Gasteiger partial charge on any atom is 0.279 e. The van der Waals surface area contributed by atoms with Crippen molar-refractivity contribution in [2.75, 3.05) is 31.2 Å². The minimum Gasteiger partial charge on any atom is -0.380 e. The molecule has 0 spiro atoms. The fourth-order valence-corrected chi connectivity index (χ4v) is 4.77. The van der Waals surface area contributed by atoms with Gasteiger partial charge in [0.05, 0.1) is 16.8 Å². The lowest BCUT2D eigenvalue weighted by Crippen LogP contribution is -2.21. The Kier molecular flexibility index (Phi) is 7.45. The number of nitrogens with zero attached hydrogens (tertiary/aromatic N) is 3. The van der Waals surface area contributed by atoms with Crippen molar-refractivity contribution in [2.24, 2.45) is 4.99 Å². The minimum atomic E-state index is -0.216. The molecular weight excluding hydrogens is 394 g/mol. The van der Waals surface area contributed by atoms with Crippen LogP contribution in [-0.4, -0.2) is 36.8 Å². The average Bonchev–Trinajstić information content (AvgIpc) is 3.07. The predicted molar refractivity (Wildman–Crippen MR) is 126 cm³/mol. The first-order valence-corrected chi connectivity index (χ1v) is 11.4. The molecule has 6 heteroatoms. The van der Waals surface area contributed by atoms with Crippen molar-refractivity contribution in [3.05, 3.63) is 57.9 Å². The average molecular weight is 426 g/mol. The third-order valence-electron chi connectivity index (χ3n) is 5.22. The summed E-state index contributed by atoms with van der Waals surface area (Å²) in [6, 6.07) is 12.1. The number of thiazole rings is 1. The molecule has 0 saturated heterocycles. The Morgan fingerprint density at radius 2 is 1.80 bits per heavy atom. The number of hydrogen-bond acceptors (Lipinski definition) is 4. The van der Waals surface area contributed by atoms with Crippen LogP contribution in [0.4, 0.5) is 5.69 Å². The van der Waals surface area contributed by atoms with Gasteiger partial charge in [-0.1, -0.05) is 17.4 Å². The van der Waals surface area contributed by atoms with Gasteiger partial charge in [-0.15, -0.1) is 0 Å². The van der Waals surface area contributed by atoms with Gasteiger partial charge >= 0.3 is 0 Å². The second kappa shape index (κ2) is 10.0. The van der Waals surface area contributed by atoms with Gasteiger partial charge in [-0.05, 0) is 76.1 Å². The van der Waals surface area contributed by atoms with E-state index >= 15 is 0 Å². The van der Waals surface area contributed by atoms with E-state index in [1.165, 1.54) is 15.8 Å². The Hall–Kier alpha value is -2.44. The molecule has 1 heterocycles. The van der Waals surface area contributed by atoms with E-state index in [4.69, 9.17) is 4.74 Å². The summed E-state index contributed by atoms with van der Waals surface area (Å²) in [4.78, 5) is 20.4. The van der Waals surface area contributed by atoms with E-state index in [0.717, 1.165) is 29.1 Å². The van der Waals surface area contributed by atoms with Gasteiger partial charge in [0.1, 0.15) is 0 Å². The maximum absolute atomic E-state index is 12.9. The first-order valence-electron chi connectivity index (χ1n) is 10.6. The fourth-order valence-electron chi connectivity index (χ4n) is 3.67. The molecule has 0 aliphatic rings. The SMILES string of the molecule is CCOCCn1c(=NC(=O)c2ccc(N(CC)CC)cc2)sc2c(C)cc(C)cc21. The number of anilines is 1. The van der Waals surface area contributed by atoms with E-state index in [1.807, 2.05) is 31.2 Å². The number of hydrogen-bond donors (Lipinski definition) is 0. The van der Waals surface area contributed by atoms with Crippen LogP contribution in [0.5, 0.6) is 0 Å². The highest BCUT2D eigenvalue weighted by atomic mass is 32.1. The van der Waals surface area contributed by atoms with Crippen molar-refractivity contribution >= 4 is 33.1 Å². The summed E-state index contributed by atoms with van der Waals surface area (Å²) in [5.74, 6) is -0.216. The van der Waals surface area contributed by atoms with Gasteiger partial charge in [-0.25, -0.2) is 0 Å². The second-order valence-electron chi connectivity index (χ2n) is 7.30. The quantitative estimate of drug-likeness (QED) is 0.480. The first kappa shape index (κ1) is 22.2. The zero-order chi connectivity index (χ0) is 21.7. The van der Waals surface area contributed by atoms with Crippen molar-refractivity contribution in [1.29, 1.82) is 0 Å². The molecule has 2 aromatic carbocycles. The van der Waals surface area contributed by atoms with Gasteiger partial charge < -0.3 is 14.2 Å². The molecule has 0 bridgehead atoms. The normalized spacial score (nSPS) is 12.0. The number of carbonyl (C=O) groups excluding carboxylic acids is 1. The molecule has 0 fully saturated rings. The molecule has 160 valence electrons. The molecule has 5 nitrogen and oxygen atoms in total. The Bertz CT molecular complexity index is 1080. The van der Waals surface area contributed by atoms with Crippen molar-refractivity contribution < 1.29 is 9.53 Å². The van der Waals surface area contributed by atoms with Crippen LogP contribution in [0.1, 0.15) is 42.3 Å². The van der Waals surface area contributed by atoms with Crippen LogP contribution in [0.2, 0.25) is 0 Å². The van der Waals surface area contributed by atoms with Gasteiger partial charge in [-0.2, -0.15) is 4.99 Å². The highest BCUT2D eigenvalue weighted by Gasteiger charge is 2.12. The van der Waals surface area contributed by atoms with Gasteiger partial charge in [0.2, 0.25) is 0 Å². The molecule has 0 aliphatic heterocycles. The van der Waals surface area contributed by atoms with Crippen molar-refractivity contribution in [1.82, 2.24) is 4.57 Å². The molecule has 0 aliphatic carbocycles. The number of fused-ring (bicyclic) bond motifs is 1. The number of aromatic nitrogens is 1. The van der Waals surface area contributed by atoms with Crippen LogP contribution in [0.15, 0.2) is 41.4 Å². The van der Waals surface area contributed by atoms with E-state index in [2.05, 4.69) is 54.3 Å². The first-order chi connectivity index (χ1) is 14.5. The van der Waals surface area contributed by atoms with E-state index < -0.39 is 0 Å². The van der Waals surface area contributed by atoms with E-state index in [0.29, 0.717) is 25.3 Å². The van der Waals surface area contributed by atoms with Crippen LogP contribution in [0, 0.1) is 13.8 Å². The number of aryl methyl sites for hydroxylation is 2. The molecule has 0 radical (unpaired) electrons. The highest BCUT2D eigenvalue weighted by molar-refractivity contribution is 7.16. The zero-order valence-electron chi connectivity index (χ0n) is 18.6. The molecule has 0 atom stereocenters. The molecular formula is C24H31N3O2S. The van der Waals surface area contributed by atoms with Gasteiger partial charge in [0.15, 0.2) is 4.80 Å². The number of amides is 1. The largest absolute Gasteiger partial charge is 0.380 e. The molecule has 3 aromatic rings. The summed E-state index contributed by atoms with van der Waals surface area (Å²) in [5.41, 5.74) is 5.25. The van der Waals surface area contributed by atoms with Gasteiger partial charge in [0, 0.05) is 37.5 Å². The monoisotopic (exact) mass is 425 g/mol. The molecule has 1 aromatic heterocycles. The highest BCUT2D eigenvalue weighted by Crippen LogP contribution is 2.23. The summed E-state index contributed by atoms with van der Waals surface area (Å²) in [6.45, 7) is 14.3. The molecule has 0 unspecified atom stereocenters. The van der Waals surface area contributed by atoms with E-state index in [9.17, 15) is 4.79 Å². The van der Waals surface area contributed by atoms with Crippen LogP contribution in [0.25, 0.3) is 10.2 Å². The molecule has 0 saturated carbocycles. The van der Waals surface area contributed by atoms with Gasteiger partial charge in [0.25, 0.3) is 5.91 Å². The van der Waals surface area contributed by atoms with Crippen molar-refractivity contribution in [2.45, 2.75) is 41.2 Å². The molecule has 1 amide bonds. The smallest absolute Gasteiger partial charge is 0.279 e. The predicted octanol–water partition coefficient (Wildman–Crippen LogP) is 4.94. The minimum absolute atomic E-state index is 0.216. The fraction of sp³-hybridized carbons (Fsp3) is 0.417.